The first-order valence-corrected chi connectivity index (χ1v) is 7.74. The first-order valence-electron chi connectivity index (χ1n) is 5.77. The summed E-state index contributed by atoms with van der Waals surface area (Å²) < 4.78 is 0. The van der Waals surface area contributed by atoms with Crippen molar-refractivity contribution in [2.24, 2.45) is 0 Å². The molecule has 1 aliphatic rings. The van der Waals surface area contributed by atoms with E-state index in [4.69, 9.17) is 0 Å². The number of aromatic nitrogens is 1. The predicted molar refractivity (Wildman–Crippen MR) is 73.8 cm³/mol. The molecular weight excluding hydrogens is 268 g/mol. The lowest BCUT2D eigenvalue weighted by Crippen LogP contribution is -2.29. The standard InChI is InChI=1S/C12H14N2O2S2/c15-11-9-18-12(16)14(11)7-1-2-8-17-10-3-5-13-6-4-10/h3-6H,1-2,7-9H2. The molecule has 0 bridgehead atoms. The third-order valence-electron chi connectivity index (χ3n) is 2.54. The van der Waals surface area contributed by atoms with Gasteiger partial charge in [-0.05, 0) is 30.7 Å². The maximum absolute atomic E-state index is 11.3. The molecule has 0 unspecified atom stereocenters. The Morgan fingerprint density at radius 1 is 1.28 bits per heavy atom. The largest absolute Gasteiger partial charge is 0.288 e. The highest BCUT2D eigenvalue weighted by Crippen LogP contribution is 2.21. The van der Waals surface area contributed by atoms with Gasteiger partial charge < -0.3 is 0 Å². The summed E-state index contributed by atoms with van der Waals surface area (Å²) in [5.74, 6) is 1.25. The highest BCUT2D eigenvalue weighted by molar-refractivity contribution is 8.14. The number of carbonyl (C=O) groups is 2. The number of hydrogen-bond donors (Lipinski definition) is 0. The van der Waals surface area contributed by atoms with E-state index in [0.717, 1.165) is 30.4 Å². The Morgan fingerprint density at radius 3 is 2.72 bits per heavy atom. The van der Waals surface area contributed by atoms with Crippen LogP contribution in [0.2, 0.25) is 0 Å². The van der Waals surface area contributed by atoms with Gasteiger partial charge in [-0.3, -0.25) is 19.5 Å². The predicted octanol–water partition coefficient (Wildman–Crippen LogP) is 2.65. The Kier molecular flexibility index (Phi) is 5.07. The van der Waals surface area contributed by atoms with Crippen molar-refractivity contribution in [2.45, 2.75) is 17.7 Å². The molecule has 0 aliphatic carbocycles. The third-order valence-corrected chi connectivity index (χ3v) is 4.49. The lowest BCUT2D eigenvalue weighted by molar-refractivity contribution is -0.124. The highest BCUT2D eigenvalue weighted by atomic mass is 32.2. The normalized spacial score (nSPS) is 15.4. The van der Waals surface area contributed by atoms with E-state index in [0.29, 0.717) is 12.3 Å². The minimum atomic E-state index is -0.0956. The summed E-state index contributed by atoms with van der Waals surface area (Å²) in [6, 6.07) is 3.96. The fourth-order valence-corrected chi connectivity index (χ4v) is 3.24. The number of unbranched alkanes of at least 4 members (excludes halogenated alkanes) is 1. The Morgan fingerprint density at radius 2 is 2.06 bits per heavy atom. The lowest BCUT2D eigenvalue weighted by atomic mass is 10.3. The fourth-order valence-electron chi connectivity index (χ4n) is 1.59. The average Bonchev–Trinajstić information content (AvgIpc) is 2.71. The van der Waals surface area contributed by atoms with Gasteiger partial charge in [-0.1, -0.05) is 11.8 Å². The van der Waals surface area contributed by atoms with Crippen molar-refractivity contribution < 1.29 is 9.59 Å². The monoisotopic (exact) mass is 282 g/mol. The van der Waals surface area contributed by atoms with Gasteiger partial charge in [-0.2, -0.15) is 0 Å². The Bertz CT molecular complexity index is 409. The molecule has 18 heavy (non-hydrogen) atoms. The van der Waals surface area contributed by atoms with Crippen LogP contribution in [0.3, 0.4) is 0 Å². The van der Waals surface area contributed by atoms with Crippen molar-refractivity contribution in [3.63, 3.8) is 0 Å². The van der Waals surface area contributed by atoms with Gasteiger partial charge >= 0.3 is 0 Å². The van der Waals surface area contributed by atoms with Crippen LogP contribution in [0.25, 0.3) is 0 Å². The Balaban J connectivity index is 1.62. The van der Waals surface area contributed by atoms with Crippen LogP contribution >= 0.6 is 23.5 Å². The van der Waals surface area contributed by atoms with E-state index in [2.05, 4.69) is 4.98 Å². The summed E-state index contributed by atoms with van der Waals surface area (Å²) in [5.41, 5.74) is 0. The van der Waals surface area contributed by atoms with Crippen LogP contribution in [0.4, 0.5) is 4.79 Å². The second-order valence-electron chi connectivity index (χ2n) is 3.84. The van der Waals surface area contributed by atoms with E-state index >= 15 is 0 Å². The molecular formula is C12H14N2O2S2. The minimum Gasteiger partial charge on any atom is -0.273 e. The molecule has 0 spiro atoms. The van der Waals surface area contributed by atoms with Gasteiger partial charge in [0.25, 0.3) is 5.24 Å². The third kappa shape index (κ3) is 3.74. The molecule has 1 fully saturated rings. The zero-order valence-electron chi connectivity index (χ0n) is 9.87. The second-order valence-corrected chi connectivity index (χ2v) is 5.93. The van der Waals surface area contributed by atoms with E-state index in [9.17, 15) is 9.59 Å². The van der Waals surface area contributed by atoms with E-state index in [1.807, 2.05) is 12.1 Å². The van der Waals surface area contributed by atoms with Crippen LogP contribution in [0.5, 0.6) is 0 Å². The number of imide groups is 1. The number of carbonyl (C=O) groups excluding carboxylic acids is 2. The number of pyridine rings is 1. The molecule has 0 atom stereocenters. The zero-order chi connectivity index (χ0) is 12.8. The zero-order valence-corrected chi connectivity index (χ0v) is 11.5. The molecule has 1 aromatic rings. The molecule has 6 heteroatoms. The summed E-state index contributed by atoms with van der Waals surface area (Å²) in [7, 11) is 0. The van der Waals surface area contributed by atoms with E-state index in [-0.39, 0.29) is 11.1 Å². The van der Waals surface area contributed by atoms with Crippen molar-refractivity contribution in [3.8, 4) is 0 Å². The summed E-state index contributed by atoms with van der Waals surface area (Å²) in [6.07, 6.45) is 5.42. The van der Waals surface area contributed by atoms with Gasteiger partial charge in [0.15, 0.2) is 0 Å². The summed E-state index contributed by atoms with van der Waals surface area (Å²) >= 11 is 2.87. The van der Waals surface area contributed by atoms with E-state index in [1.54, 1.807) is 24.2 Å². The van der Waals surface area contributed by atoms with Crippen molar-refractivity contribution in [1.82, 2.24) is 9.88 Å². The van der Waals surface area contributed by atoms with Gasteiger partial charge in [0.05, 0.1) is 5.75 Å². The Hall–Kier alpha value is -1.01. The quantitative estimate of drug-likeness (QED) is 0.593. The second kappa shape index (κ2) is 6.80. The number of amides is 2. The van der Waals surface area contributed by atoms with Crippen LogP contribution in [0, 0.1) is 0 Å². The fraction of sp³-hybridized carbons (Fsp3) is 0.417. The number of nitrogens with zero attached hydrogens (tertiary/aromatic N) is 2. The summed E-state index contributed by atoms with van der Waals surface area (Å²) in [6.45, 7) is 0.557. The molecule has 0 aromatic carbocycles. The number of thioether (sulfide) groups is 2. The lowest BCUT2D eigenvalue weighted by Gasteiger charge is -2.11. The topological polar surface area (TPSA) is 50.3 Å². The Labute approximate surface area is 115 Å². The highest BCUT2D eigenvalue weighted by Gasteiger charge is 2.28. The molecule has 4 nitrogen and oxygen atoms in total. The minimum absolute atomic E-state index is 0.0493. The number of hydrogen-bond acceptors (Lipinski definition) is 5. The molecule has 1 aliphatic heterocycles. The van der Waals surface area contributed by atoms with Gasteiger partial charge in [0, 0.05) is 23.8 Å². The van der Waals surface area contributed by atoms with Crippen LogP contribution in [-0.2, 0) is 4.79 Å². The smallest absolute Gasteiger partial charge is 0.273 e. The summed E-state index contributed by atoms with van der Waals surface area (Å²) in [4.78, 5) is 29.2. The maximum Gasteiger partial charge on any atom is 0.288 e. The SMILES string of the molecule is O=C1CSC(=O)N1CCCCSc1ccncc1. The molecule has 0 N–H and O–H groups in total. The van der Waals surface area contributed by atoms with Crippen LogP contribution in [-0.4, -0.2) is 39.1 Å². The molecule has 1 saturated heterocycles. The van der Waals surface area contributed by atoms with Crippen molar-refractivity contribution >= 4 is 34.7 Å². The molecule has 2 amide bonds. The maximum atomic E-state index is 11.3. The van der Waals surface area contributed by atoms with Gasteiger partial charge in [0.1, 0.15) is 0 Å². The van der Waals surface area contributed by atoms with E-state index in [1.165, 1.54) is 9.80 Å². The van der Waals surface area contributed by atoms with Crippen LogP contribution in [0.1, 0.15) is 12.8 Å². The van der Waals surface area contributed by atoms with Gasteiger partial charge in [-0.25, -0.2) is 0 Å². The first kappa shape index (κ1) is 13.4. The van der Waals surface area contributed by atoms with Gasteiger partial charge in [0.2, 0.25) is 5.91 Å². The van der Waals surface area contributed by atoms with Crippen LogP contribution in [0.15, 0.2) is 29.4 Å². The molecule has 1 aromatic heterocycles. The molecule has 96 valence electrons. The summed E-state index contributed by atoms with van der Waals surface area (Å²) in [5, 5.41) is -0.0956. The van der Waals surface area contributed by atoms with Crippen molar-refractivity contribution in [1.29, 1.82) is 0 Å². The average molecular weight is 282 g/mol. The van der Waals surface area contributed by atoms with Crippen LogP contribution < -0.4 is 0 Å². The van der Waals surface area contributed by atoms with E-state index < -0.39 is 0 Å². The van der Waals surface area contributed by atoms with Crippen molar-refractivity contribution in [2.75, 3.05) is 18.1 Å². The molecule has 0 radical (unpaired) electrons. The molecule has 0 saturated carbocycles. The molecule has 2 heterocycles. The number of rotatable bonds is 6. The van der Waals surface area contributed by atoms with Gasteiger partial charge in [-0.15, -0.1) is 11.8 Å². The van der Waals surface area contributed by atoms with Crippen molar-refractivity contribution in [3.05, 3.63) is 24.5 Å². The first-order chi connectivity index (χ1) is 8.77. The molecule has 2 rings (SSSR count).